The number of H-pyrrole nitrogens is 1. The van der Waals surface area contributed by atoms with Gasteiger partial charge in [0, 0.05) is 13.5 Å². The molecule has 0 radical (unpaired) electrons. The van der Waals surface area contributed by atoms with Crippen molar-refractivity contribution >= 4 is 5.91 Å². The van der Waals surface area contributed by atoms with Gasteiger partial charge in [0.15, 0.2) is 5.82 Å². The van der Waals surface area contributed by atoms with Gasteiger partial charge in [0.2, 0.25) is 5.91 Å². The predicted octanol–water partition coefficient (Wildman–Crippen LogP) is -0.369. The summed E-state index contributed by atoms with van der Waals surface area (Å²) >= 11 is 0. The Morgan fingerprint density at radius 2 is 2.47 bits per heavy atom. The molecule has 0 saturated heterocycles. The number of carbonyl (C=O) groups is 1. The quantitative estimate of drug-likeness (QED) is 0.672. The number of hydrogen-bond acceptors (Lipinski definition) is 5. The predicted molar refractivity (Wildman–Crippen MR) is 51.7 cm³/mol. The second kappa shape index (κ2) is 6.07. The number of ether oxygens (including phenoxy) is 1. The molecule has 1 unspecified atom stereocenters. The van der Waals surface area contributed by atoms with E-state index in [0.717, 1.165) is 0 Å². The lowest BCUT2D eigenvalue weighted by molar-refractivity contribution is -0.121. The van der Waals surface area contributed by atoms with Crippen LogP contribution in [0.1, 0.15) is 25.6 Å². The first-order valence-corrected chi connectivity index (χ1v) is 4.74. The number of rotatable bonds is 6. The van der Waals surface area contributed by atoms with Crippen LogP contribution in [-0.4, -0.2) is 39.7 Å². The first kappa shape index (κ1) is 11.6. The summed E-state index contributed by atoms with van der Waals surface area (Å²) < 4.78 is 5.03. The number of nitrogens with one attached hydrogen (secondary N) is 2. The van der Waals surface area contributed by atoms with Gasteiger partial charge in [-0.2, -0.15) is 5.21 Å². The number of amides is 1. The monoisotopic (exact) mass is 213 g/mol. The summed E-state index contributed by atoms with van der Waals surface area (Å²) in [6.07, 6.45) is 1.24. The first-order chi connectivity index (χ1) is 7.22. The van der Waals surface area contributed by atoms with E-state index in [9.17, 15) is 4.79 Å². The fourth-order valence-corrected chi connectivity index (χ4v) is 0.976. The molecule has 0 fully saturated rings. The molecule has 1 atom stereocenters. The van der Waals surface area contributed by atoms with Gasteiger partial charge in [-0.1, -0.05) is 5.21 Å². The van der Waals surface area contributed by atoms with Crippen molar-refractivity contribution in [3.05, 3.63) is 5.82 Å². The molecule has 15 heavy (non-hydrogen) atoms. The van der Waals surface area contributed by atoms with Crippen molar-refractivity contribution in [2.45, 2.75) is 32.4 Å². The van der Waals surface area contributed by atoms with Gasteiger partial charge >= 0.3 is 0 Å². The van der Waals surface area contributed by atoms with Gasteiger partial charge in [-0.15, -0.1) is 10.2 Å². The molecular formula is C8H15N5O2. The summed E-state index contributed by atoms with van der Waals surface area (Å²) in [6, 6.07) is 0. The van der Waals surface area contributed by atoms with E-state index in [-0.39, 0.29) is 12.0 Å². The SMILES string of the molecule is COC(C)CCC(=O)NCc1nn[nH]n1. The van der Waals surface area contributed by atoms with Crippen LogP contribution in [0.2, 0.25) is 0 Å². The van der Waals surface area contributed by atoms with Crippen LogP contribution in [0.15, 0.2) is 0 Å². The van der Waals surface area contributed by atoms with Crippen molar-refractivity contribution in [3.8, 4) is 0 Å². The largest absolute Gasteiger partial charge is 0.382 e. The molecule has 7 nitrogen and oxygen atoms in total. The Labute approximate surface area is 87.6 Å². The standard InChI is InChI=1S/C8H15N5O2/c1-6(15-2)3-4-8(14)9-5-7-10-12-13-11-7/h6H,3-5H2,1-2H3,(H,9,14)(H,10,11,12,13). The minimum absolute atomic E-state index is 0.0382. The molecule has 0 saturated carbocycles. The zero-order chi connectivity index (χ0) is 11.1. The van der Waals surface area contributed by atoms with E-state index in [1.165, 1.54) is 0 Å². The fourth-order valence-electron chi connectivity index (χ4n) is 0.976. The normalized spacial score (nSPS) is 12.4. The molecule has 0 bridgehead atoms. The molecule has 1 amide bonds. The van der Waals surface area contributed by atoms with E-state index in [0.29, 0.717) is 25.2 Å². The molecule has 0 aliphatic rings. The van der Waals surface area contributed by atoms with Crippen molar-refractivity contribution in [3.63, 3.8) is 0 Å². The molecule has 0 aliphatic carbocycles. The lowest BCUT2D eigenvalue weighted by atomic mass is 10.2. The number of aromatic nitrogens is 4. The zero-order valence-electron chi connectivity index (χ0n) is 8.86. The van der Waals surface area contributed by atoms with E-state index in [1.54, 1.807) is 7.11 Å². The Hall–Kier alpha value is -1.50. The minimum Gasteiger partial charge on any atom is -0.382 e. The molecular weight excluding hydrogens is 198 g/mol. The maximum atomic E-state index is 11.3. The van der Waals surface area contributed by atoms with Gasteiger partial charge < -0.3 is 10.1 Å². The Morgan fingerprint density at radius 3 is 3.07 bits per heavy atom. The lowest BCUT2D eigenvalue weighted by Crippen LogP contribution is -2.24. The first-order valence-electron chi connectivity index (χ1n) is 4.74. The summed E-state index contributed by atoms with van der Waals surface area (Å²) in [6.45, 7) is 2.23. The van der Waals surface area contributed by atoms with E-state index >= 15 is 0 Å². The Kier molecular flexibility index (Phi) is 4.69. The molecule has 0 aliphatic heterocycles. The summed E-state index contributed by atoms with van der Waals surface area (Å²) in [5.74, 6) is 0.437. The molecule has 2 N–H and O–H groups in total. The smallest absolute Gasteiger partial charge is 0.220 e. The third-order valence-electron chi connectivity index (χ3n) is 2.01. The van der Waals surface area contributed by atoms with Crippen LogP contribution in [-0.2, 0) is 16.1 Å². The lowest BCUT2D eigenvalue weighted by Gasteiger charge is -2.08. The van der Waals surface area contributed by atoms with Crippen LogP contribution < -0.4 is 5.32 Å². The fraction of sp³-hybridized carbons (Fsp3) is 0.750. The highest BCUT2D eigenvalue weighted by atomic mass is 16.5. The van der Waals surface area contributed by atoms with Gasteiger partial charge in [0.25, 0.3) is 0 Å². The Bertz CT molecular complexity index is 287. The molecule has 1 aromatic rings. The molecule has 1 heterocycles. The van der Waals surface area contributed by atoms with Crippen LogP contribution in [0, 0.1) is 0 Å². The number of carbonyl (C=O) groups excluding carboxylic acids is 1. The molecule has 1 rings (SSSR count). The van der Waals surface area contributed by atoms with Crippen LogP contribution in [0.3, 0.4) is 0 Å². The summed E-state index contributed by atoms with van der Waals surface area (Å²) in [5, 5.41) is 15.8. The molecule has 0 aromatic carbocycles. The summed E-state index contributed by atoms with van der Waals surface area (Å²) in [4.78, 5) is 11.3. The zero-order valence-corrected chi connectivity index (χ0v) is 8.86. The van der Waals surface area contributed by atoms with E-state index in [4.69, 9.17) is 4.74 Å². The average Bonchev–Trinajstić information content (AvgIpc) is 2.75. The van der Waals surface area contributed by atoms with Gasteiger partial charge in [-0.05, 0) is 13.3 Å². The van der Waals surface area contributed by atoms with Gasteiger partial charge in [-0.3, -0.25) is 4.79 Å². The highest BCUT2D eigenvalue weighted by Crippen LogP contribution is 1.99. The maximum Gasteiger partial charge on any atom is 0.220 e. The van der Waals surface area contributed by atoms with Crippen molar-refractivity contribution in [2.75, 3.05) is 7.11 Å². The van der Waals surface area contributed by atoms with Gasteiger partial charge in [0.1, 0.15) is 0 Å². The number of aromatic amines is 1. The highest BCUT2D eigenvalue weighted by molar-refractivity contribution is 5.75. The van der Waals surface area contributed by atoms with Crippen molar-refractivity contribution < 1.29 is 9.53 Å². The minimum atomic E-state index is -0.0382. The highest BCUT2D eigenvalue weighted by Gasteiger charge is 2.06. The van der Waals surface area contributed by atoms with Crippen LogP contribution in [0.4, 0.5) is 0 Å². The second-order valence-electron chi connectivity index (χ2n) is 3.19. The van der Waals surface area contributed by atoms with Crippen molar-refractivity contribution in [2.24, 2.45) is 0 Å². The van der Waals surface area contributed by atoms with E-state index < -0.39 is 0 Å². The number of nitrogens with zero attached hydrogens (tertiary/aromatic N) is 3. The molecule has 84 valence electrons. The molecule has 7 heteroatoms. The van der Waals surface area contributed by atoms with E-state index in [2.05, 4.69) is 25.9 Å². The van der Waals surface area contributed by atoms with Crippen LogP contribution >= 0.6 is 0 Å². The topological polar surface area (TPSA) is 92.8 Å². The summed E-state index contributed by atoms with van der Waals surface area (Å²) in [7, 11) is 1.63. The van der Waals surface area contributed by atoms with Crippen LogP contribution in [0.25, 0.3) is 0 Å². The molecule has 1 aromatic heterocycles. The van der Waals surface area contributed by atoms with Gasteiger partial charge in [-0.25, -0.2) is 0 Å². The summed E-state index contributed by atoms with van der Waals surface area (Å²) in [5.41, 5.74) is 0. The Balaban J connectivity index is 2.14. The van der Waals surface area contributed by atoms with Crippen molar-refractivity contribution in [1.29, 1.82) is 0 Å². The number of hydrogen-bond donors (Lipinski definition) is 2. The molecule has 0 spiro atoms. The third-order valence-corrected chi connectivity index (χ3v) is 2.01. The number of tetrazole rings is 1. The average molecular weight is 213 g/mol. The van der Waals surface area contributed by atoms with E-state index in [1.807, 2.05) is 6.92 Å². The van der Waals surface area contributed by atoms with Gasteiger partial charge in [0.05, 0.1) is 12.6 Å². The van der Waals surface area contributed by atoms with Crippen LogP contribution in [0.5, 0.6) is 0 Å². The Morgan fingerprint density at radius 1 is 1.67 bits per heavy atom. The van der Waals surface area contributed by atoms with Crippen molar-refractivity contribution in [1.82, 2.24) is 25.9 Å². The second-order valence-corrected chi connectivity index (χ2v) is 3.19. The number of methoxy groups -OCH3 is 1. The third kappa shape index (κ3) is 4.50. The maximum absolute atomic E-state index is 11.3.